The summed E-state index contributed by atoms with van der Waals surface area (Å²) < 4.78 is 0. The number of anilines is 1. The zero-order valence-corrected chi connectivity index (χ0v) is 10.6. The van der Waals surface area contributed by atoms with Gasteiger partial charge in [0.05, 0.1) is 6.04 Å². The first kappa shape index (κ1) is 10.7. The second-order valence-electron chi connectivity index (χ2n) is 4.42. The zero-order valence-electron chi connectivity index (χ0n) is 9.81. The van der Waals surface area contributed by atoms with Gasteiger partial charge in [0.2, 0.25) is 0 Å². The Bertz CT molecular complexity index is 536. The molecule has 17 heavy (non-hydrogen) atoms. The molecule has 0 aromatic heterocycles. The second kappa shape index (κ2) is 4.46. The molecule has 1 aliphatic heterocycles. The summed E-state index contributed by atoms with van der Waals surface area (Å²) in [6.07, 6.45) is 0. The first-order valence-electron chi connectivity index (χ1n) is 5.88. The molecule has 1 unspecified atom stereocenters. The Hall–Kier alpha value is -1.41. The molecule has 0 spiro atoms. The lowest BCUT2D eigenvalue weighted by Crippen LogP contribution is -2.09. The number of aryl methyl sites for hydroxylation is 1. The topological polar surface area (TPSA) is 12.0 Å². The van der Waals surface area contributed by atoms with Crippen molar-refractivity contribution in [3.63, 3.8) is 0 Å². The fourth-order valence-corrected chi connectivity index (χ4v) is 3.38. The number of rotatable bonds is 2. The number of thioether (sulfide) groups is 1. The van der Waals surface area contributed by atoms with Crippen LogP contribution in [0.2, 0.25) is 0 Å². The lowest BCUT2D eigenvalue weighted by Gasteiger charge is -2.15. The summed E-state index contributed by atoms with van der Waals surface area (Å²) in [5.74, 6) is 1.12. The first-order valence-corrected chi connectivity index (χ1v) is 6.86. The zero-order chi connectivity index (χ0) is 11.7. The molecule has 1 aliphatic rings. The molecule has 0 amide bonds. The fourth-order valence-electron chi connectivity index (χ4n) is 2.22. The van der Waals surface area contributed by atoms with E-state index in [1.54, 1.807) is 0 Å². The minimum absolute atomic E-state index is 0.443. The smallest absolute Gasteiger partial charge is 0.0618 e. The van der Waals surface area contributed by atoms with Gasteiger partial charge in [-0.15, -0.1) is 11.8 Å². The lowest BCUT2D eigenvalue weighted by molar-refractivity contribution is 0.900. The number of nitrogens with one attached hydrogen (secondary N) is 1. The highest BCUT2D eigenvalue weighted by Gasteiger charge is 2.22. The van der Waals surface area contributed by atoms with E-state index in [-0.39, 0.29) is 0 Å². The molecule has 1 heterocycles. The largest absolute Gasteiger partial charge is 0.377 e. The number of benzene rings is 2. The van der Waals surface area contributed by atoms with Crippen molar-refractivity contribution < 1.29 is 0 Å². The molecule has 0 fully saturated rings. The molecule has 0 aliphatic carbocycles. The number of fused-ring (bicyclic) bond motifs is 1. The number of hydrogen-bond donors (Lipinski definition) is 1. The maximum absolute atomic E-state index is 3.62. The van der Waals surface area contributed by atoms with E-state index in [0.717, 1.165) is 5.75 Å². The highest BCUT2D eigenvalue weighted by molar-refractivity contribution is 7.99. The average Bonchev–Trinajstić information content (AvgIpc) is 2.73. The van der Waals surface area contributed by atoms with Gasteiger partial charge in [-0.25, -0.2) is 0 Å². The maximum Gasteiger partial charge on any atom is 0.0618 e. The normalized spacial score (nSPS) is 17.8. The summed E-state index contributed by atoms with van der Waals surface area (Å²) >= 11 is 1.94. The monoisotopic (exact) mass is 241 g/mol. The van der Waals surface area contributed by atoms with Gasteiger partial charge < -0.3 is 5.32 Å². The molecule has 1 atom stereocenters. The van der Waals surface area contributed by atoms with Crippen LogP contribution in [0.3, 0.4) is 0 Å². The molecule has 2 aromatic carbocycles. The summed E-state index contributed by atoms with van der Waals surface area (Å²) in [4.78, 5) is 1.41. The molecule has 0 radical (unpaired) electrons. The summed E-state index contributed by atoms with van der Waals surface area (Å²) in [5, 5.41) is 3.62. The van der Waals surface area contributed by atoms with E-state index < -0.39 is 0 Å². The highest BCUT2D eigenvalue weighted by Crippen LogP contribution is 2.39. The van der Waals surface area contributed by atoms with Crippen molar-refractivity contribution in [3.05, 3.63) is 59.7 Å². The average molecular weight is 241 g/mol. The minimum Gasteiger partial charge on any atom is -0.377 e. The van der Waals surface area contributed by atoms with Crippen molar-refractivity contribution in [2.24, 2.45) is 0 Å². The lowest BCUT2D eigenvalue weighted by atomic mass is 10.1. The maximum atomic E-state index is 3.62. The molecular formula is C15H15NS. The van der Waals surface area contributed by atoms with Crippen LogP contribution < -0.4 is 5.32 Å². The van der Waals surface area contributed by atoms with Crippen LogP contribution in [-0.2, 0) is 0 Å². The predicted molar refractivity (Wildman–Crippen MR) is 74.7 cm³/mol. The number of hydrogen-bond acceptors (Lipinski definition) is 2. The summed E-state index contributed by atoms with van der Waals surface area (Å²) in [5.41, 5.74) is 3.94. The molecule has 0 saturated carbocycles. The molecule has 86 valence electrons. The van der Waals surface area contributed by atoms with Crippen LogP contribution in [0.15, 0.2) is 53.4 Å². The molecule has 3 rings (SSSR count). The Balaban J connectivity index is 1.84. The summed E-state index contributed by atoms with van der Waals surface area (Å²) in [7, 11) is 0. The molecule has 1 nitrogen and oxygen atoms in total. The standard InChI is InChI=1S/C15H15NS/c1-11-5-4-6-12(9-11)16-14-10-17-15-8-3-2-7-13(14)15/h2-9,14,16H,10H2,1H3. The van der Waals surface area contributed by atoms with Gasteiger partial charge in [-0.05, 0) is 36.2 Å². The molecule has 1 N–H and O–H groups in total. The van der Waals surface area contributed by atoms with Crippen molar-refractivity contribution >= 4 is 17.4 Å². The Kier molecular flexibility index (Phi) is 2.81. The van der Waals surface area contributed by atoms with Gasteiger partial charge in [0.1, 0.15) is 0 Å². The van der Waals surface area contributed by atoms with Crippen molar-refractivity contribution in [2.75, 3.05) is 11.1 Å². The Morgan fingerprint density at radius 3 is 2.88 bits per heavy atom. The van der Waals surface area contributed by atoms with Crippen molar-refractivity contribution in [2.45, 2.75) is 17.9 Å². The highest BCUT2D eigenvalue weighted by atomic mass is 32.2. The van der Waals surface area contributed by atoms with E-state index in [0.29, 0.717) is 6.04 Å². The summed E-state index contributed by atoms with van der Waals surface area (Å²) in [6, 6.07) is 17.7. The Labute approximate surface area is 106 Å². The third kappa shape index (κ3) is 2.18. The molecule has 2 aromatic rings. The van der Waals surface area contributed by atoms with E-state index in [1.807, 2.05) is 11.8 Å². The van der Waals surface area contributed by atoms with Gasteiger partial charge in [-0.1, -0.05) is 30.3 Å². The van der Waals surface area contributed by atoms with Gasteiger partial charge >= 0.3 is 0 Å². The van der Waals surface area contributed by atoms with Gasteiger partial charge in [0.15, 0.2) is 0 Å². The summed E-state index contributed by atoms with van der Waals surface area (Å²) in [6.45, 7) is 2.13. The predicted octanol–water partition coefficient (Wildman–Crippen LogP) is 4.25. The molecular weight excluding hydrogens is 226 g/mol. The van der Waals surface area contributed by atoms with Gasteiger partial charge in [-0.3, -0.25) is 0 Å². The van der Waals surface area contributed by atoms with Crippen LogP contribution in [0, 0.1) is 6.92 Å². The SMILES string of the molecule is Cc1cccc(NC2CSc3ccccc32)c1. The van der Waals surface area contributed by atoms with Crippen LogP contribution >= 0.6 is 11.8 Å². The van der Waals surface area contributed by atoms with Crippen molar-refractivity contribution in [1.29, 1.82) is 0 Å². The minimum atomic E-state index is 0.443. The third-order valence-corrected chi connectivity index (χ3v) is 4.24. The van der Waals surface area contributed by atoms with Crippen LogP contribution in [0.1, 0.15) is 17.2 Å². The molecule has 0 bridgehead atoms. The van der Waals surface area contributed by atoms with Crippen LogP contribution in [-0.4, -0.2) is 5.75 Å². The molecule has 2 heteroatoms. The quantitative estimate of drug-likeness (QED) is 0.843. The van der Waals surface area contributed by atoms with E-state index in [2.05, 4.69) is 60.8 Å². The fraction of sp³-hybridized carbons (Fsp3) is 0.200. The van der Waals surface area contributed by atoms with Gasteiger partial charge in [0.25, 0.3) is 0 Å². The second-order valence-corrected chi connectivity index (χ2v) is 5.48. The van der Waals surface area contributed by atoms with Crippen molar-refractivity contribution in [1.82, 2.24) is 0 Å². The van der Waals surface area contributed by atoms with Gasteiger partial charge in [-0.2, -0.15) is 0 Å². The van der Waals surface area contributed by atoms with E-state index >= 15 is 0 Å². The van der Waals surface area contributed by atoms with Crippen LogP contribution in [0.5, 0.6) is 0 Å². The van der Waals surface area contributed by atoms with E-state index in [9.17, 15) is 0 Å². The Morgan fingerprint density at radius 1 is 1.12 bits per heavy atom. The van der Waals surface area contributed by atoms with E-state index in [1.165, 1.54) is 21.7 Å². The molecule has 0 saturated heterocycles. The van der Waals surface area contributed by atoms with Crippen molar-refractivity contribution in [3.8, 4) is 0 Å². The van der Waals surface area contributed by atoms with Crippen LogP contribution in [0.25, 0.3) is 0 Å². The Morgan fingerprint density at radius 2 is 2.00 bits per heavy atom. The van der Waals surface area contributed by atoms with E-state index in [4.69, 9.17) is 0 Å². The van der Waals surface area contributed by atoms with Crippen LogP contribution in [0.4, 0.5) is 5.69 Å². The van der Waals surface area contributed by atoms with Gasteiger partial charge in [0, 0.05) is 16.3 Å². The third-order valence-electron chi connectivity index (χ3n) is 3.06. The first-order chi connectivity index (χ1) is 8.33.